The van der Waals surface area contributed by atoms with Gasteiger partial charge in [-0.3, -0.25) is 4.79 Å². The second-order valence-electron chi connectivity index (χ2n) is 6.94. The van der Waals surface area contributed by atoms with E-state index in [2.05, 4.69) is 0 Å². The molecule has 2 aromatic carbocycles. The van der Waals surface area contributed by atoms with Crippen molar-refractivity contribution in [2.24, 2.45) is 0 Å². The Hall–Kier alpha value is -2.44. The topological polar surface area (TPSA) is 54.5 Å². The third-order valence-electron chi connectivity index (χ3n) is 5.09. The number of likely N-dealkylation sites (tertiary alicyclic amines) is 1. The van der Waals surface area contributed by atoms with Gasteiger partial charge in [0.1, 0.15) is 0 Å². The highest BCUT2D eigenvalue weighted by Gasteiger charge is 2.33. The molecule has 1 aliphatic rings. The van der Waals surface area contributed by atoms with Gasteiger partial charge in [0, 0.05) is 23.0 Å². The summed E-state index contributed by atoms with van der Waals surface area (Å²) in [6, 6.07) is 19.8. The fourth-order valence-corrected chi connectivity index (χ4v) is 5.99. The van der Waals surface area contributed by atoms with Crippen molar-refractivity contribution in [1.82, 2.24) is 4.90 Å². The number of sulfone groups is 1. The highest BCUT2D eigenvalue weighted by molar-refractivity contribution is 7.91. The van der Waals surface area contributed by atoms with E-state index in [0.29, 0.717) is 23.4 Å². The van der Waals surface area contributed by atoms with Crippen molar-refractivity contribution in [2.45, 2.75) is 23.8 Å². The molecule has 1 unspecified atom stereocenters. The van der Waals surface area contributed by atoms with Crippen molar-refractivity contribution in [1.29, 1.82) is 0 Å². The van der Waals surface area contributed by atoms with Gasteiger partial charge in [-0.15, -0.1) is 11.3 Å². The molecule has 28 heavy (non-hydrogen) atoms. The van der Waals surface area contributed by atoms with Gasteiger partial charge < -0.3 is 4.90 Å². The maximum atomic E-state index is 13.0. The van der Waals surface area contributed by atoms with E-state index in [0.717, 1.165) is 16.9 Å². The molecule has 4 nitrogen and oxygen atoms in total. The highest BCUT2D eigenvalue weighted by Crippen LogP contribution is 2.27. The molecule has 3 aromatic rings. The van der Waals surface area contributed by atoms with Gasteiger partial charge in [0.05, 0.1) is 10.6 Å². The summed E-state index contributed by atoms with van der Waals surface area (Å²) in [4.78, 5) is 16.2. The maximum Gasteiger partial charge on any atom is 0.254 e. The second kappa shape index (κ2) is 7.89. The largest absolute Gasteiger partial charge is 0.335 e. The Morgan fingerprint density at radius 3 is 2.43 bits per heavy atom. The molecule has 1 amide bonds. The number of nitrogens with zero attached hydrogens (tertiary/aromatic N) is 1. The Bertz CT molecular complexity index is 1040. The molecule has 1 saturated heterocycles. The molecule has 0 bridgehead atoms. The number of benzene rings is 2. The summed E-state index contributed by atoms with van der Waals surface area (Å²) in [6.45, 7) is 0.598. The molecule has 1 fully saturated rings. The van der Waals surface area contributed by atoms with E-state index in [4.69, 9.17) is 0 Å². The number of amides is 1. The highest BCUT2D eigenvalue weighted by atomic mass is 32.2. The summed E-state index contributed by atoms with van der Waals surface area (Å²) in [5.74, 6) is -0.126. The molecule has 6 heteroatoms. The zero-order valence-corrected chi connectivity index (χ0v) is 17.0. The van der Waals surface area contributed by atoms with Crippen LogP contribution in [0.3, 0.4) is 0 Å². The number of hydrogen-bond donors (Lipinski definition) is 0. The van der Waals surface area contributed by atoms with Crippen LogP contribution in [0.15, 0.2) is 77.0 Å². The Kier molecular flexibility index (Phi) is 5.33. The minimum Gasteiger partial charge on any atom is -0.335 e. The third kappa shape index (κ3) is 3.88. The average Bonchev–Trinajstić information content (AvgIpc) is 3.40. The van der Waals surface area contributed by atoms with Gasteiger partial charge in [0.15, 0.2) is 9.84 Å². The van der Waals surface area contributed by atoms with Crippen LogP contribution in [-0.2, 0) is 9.84 Å². The zero-order chi connectivity index (χ0) is 19.6. The van der Waals surface area contributed by atoms with Gasteiger partial charge >= 0.3 is 0 Å². The lowest BCUT2D eigenvalue weighted by atomic mass is 10.1. The first-order valence-corrected chi connectivity index (χ1v) is 11.8. The van der Waals surface area contributed by atoms with E-state index in [1.54, 1.807) is 46.6 Å². The maximum absolute atomic E-state index is 13.0. The quantitative estimate of drug-likeness (QED) is 0.621. The normalized spacial score (nSPS) is 17.0. The van der Waals surface area contributed by atoms with Gasteiger partial charge in [-0.25, -0.2) is 8.42 Å². The molecule has 0 aliphatic carbocycles. The summed E-state index contributed by atoms with van der Waals surface area (Å²) in [5.41, 5.74) is 1.68. The zero-order valence-electron chi connectivity index (χ0n) is 15.3. The van der Waals surface area contributed by atoms with Crippen molar-refractivity contribution in [3.63, 3.8) is 0 Å². The van der Waals surface area contributed by atoms with Gasteiger partial charge in [-0.1, -0.05) is 36.4 Å². The number of rotatable bonds is 5. The van der Waals surface area contributed by atoms with E-state index in [1.807, 2.05) is 41.8 Å². The average molecular weight is 412 g/mol. The van der Waals surface area contributed by atoms with Crippen LogP contribution >= 0.6 is 11.3 Å². The summed E-state index contributed by atoms with van der Waals surface area (Å²) >= 11 is 1.66. The Balaban J connectivity index is 1.51. The molecule has 4 rings (SSSR count). The molecule has 0 radical (unpaired) electrons. The van der Waals surface area contributed by atoms with Crippen molar-refractivity contribution < 1.29 is 13.2 Å². The lowest BCUT2D eigenvalue weighted by Gasteiger charge is -2.25. The fourth-order valence-electron chi connectivity index (χ4n) is 3.64. The SMILES string of the molecule is O=C(c1ccc(-c2cccs2)cc1)N1CCCC1CS(=O)(=O)c1ccccc1. The van der Waals surface area contributed by atoms with E-state index in [9.17, 15) is 13.2 Å². The van der Waals surface area contributed by atoms with Crippen LogP contribution < -0.4 is 0 Å². The summed E-state index contributed by atoms with van der Waals surface area (Å²) < 4.78 is 25.5. The van der Waals surface area contributed by atoms with Crippen LogP contribution in [0.1, 0.15) is 23.2 Å². The Morgan fingerprint density at radius 2 is 1.75 bits per heavy atom. The van der Waals surface area contributed by atoms with Gasteiger partial charge in [0.2, 0.25) is 0 Å². The van der Waals surface area contributed by atoms with E-state index in [-0.39, 0.29) is 17.7 Å². The summed E-state index contributed by atoms with van der Waals surface area (Å²) in [7, 11) is -3.42. The van der Waals surface area contributed by atoms with E-state index >= 15 is 0 Å². The van der Waals surface area contributed by atoms with Crippen molar-refractivity contribution in [3.05, 3.63) is 77.7 Å². The van der Waals surface area contributed by atoms with Crippen molar-refractivity contribution in [2.75, 3.05) is 12.3 Å². The van der Waals surface area contributed by atoms with Gasteiger partial charge in [-0.2, -0.15) is 0 Å². The first-order chi connectivity index (χ1) is 13.5. The minimum atomic E-state index is -3.42. The number of carbonyl (C=O) groups is 1. The van der Waals surface area contributed by atoms with Crippen LogP contribution in [0.25, 0.3) is 10.4 Å². The summed E-state index contributed by atoms with van der Waals surface area (Å²) in [5, 5.41) is 2.02. The van der Waals surface area contributed by atoms with Crippen LogP contribution in [0, 0.1) is 0 Å². The molecule has 2 heterocycles. The fraction of sp³-hybridized carbons (Fsp3) is 0.227. The molecule has 144 valence electrons. The van der Waals surface area contributed by atoms with Crippen molar-refractivity contribution >= 4 is 27.1 Å². The van der Waals surface area contributed by atoms with Gasteiger partial charge in [-0.05, 0) is 54.1 Å². The Labute approximate surface area is 169 Å². The number of hydrogen-bond acceptors (Lipinski definition) is 4. The standard InChI is InChI=1S/C22H21NO3S2/c24-22(18-12-10-17(11-13-18)21-9-5-15-27-21)23-14-4-6-19(23)16-28(25,26)20-7-2-1-3-8-20/h1-3,5,7-13,15,19H,4,6,14,16H2. The molecular formula is C22H21NO3S2. The van der Waals surface area contributed by atoms with E-state index < -0.39 is 9.84 Å². The number of carbonyl (C=O) groups excluding carboxylic acids is 1. The lowest BCUT2D eigenvalue weighted by molar-refractivity contribution is 0.0749. The molecule has 0 spiro atoms. The van der Waals surface area contributed by atoms with Crippen molar-refractivity contribution in [3.8, 4) is 10.4 Å². The predicted molar refractivity (Wildman–Crippen MR) is 112 cm³/mol. The molecule has 1 atom stereocenters. The van der Waals surface area contributed by atoms with Crippen LogP contribution in [-0.4, -0.2) is 37.6 Å². The number of thiophene rings is 1. The van der Waals surface area contributed by atoms with Crippen LogP contribution in [0.4, 0.5) is 0 Å². The monoisotopic (exact) mass is 411 g/mol. The molecule has 0 N–H and O–H groups in total. The predicted octanol–water partition coefficient (Wildman–Crippen LogP) is 4.49. The van der Waals surface area contributed by atoms with Gasteiger partial charge in [0.25, 0.3) is 5.91 Å². The van der Waals surface area contributed by atoms with Crippen LogP contribution in [0.5, 0.6) is 0 Å². The molecular weight excluding hydrogens is 390 g/mol. The lowest BCUT2D eigenvalue weighted by Crippen LogP contribution is -2.39. The second-order valence-corrected chi connectivity index (χ2v) is 9.93. The van der Waals surface area contributed by atoms with E-state index in [1.165, 1.54) is 0 Å². The first-order valence-electron chi connectivity index (χ1n) is 9.27. The third-order valence-corrected chi connectivity index (χ3v) is 7.82. The molecule has 0 saturated carbocycles. The smallest absolute Gasteiger partial charge is 0.254 e. The van der Waals surface area contributed by atoms with Crippen LogP contribution in [0.2, 0.25) is 0 Å². The molecule has 1 aromatic heterocycles. The molecule has 1 aliphatic heterocycles. The Morgan fingerprint density at radius 1 is 1.00 bits per heavy atom. The first kappa shape index (κ1) is 18.9. The summed E-state index contributed by atoms with van der Waals surface area (Å²) in [6.07, 6.45) is 1.54. The minimum absolute atomic E-state index is 0.0317.